The smallest absolute Gasteiger partial charge is 0.191 e. The molecule has 0 saturated carbocycles. The predicted octanol–water partition coefficient (Wildman–Crippen LogP) is 3.56. The Morgan fingerprint density at radius 3 is 3.00 bits per heavy atom. The van der Waals surface area contributed by atoms with Gasteiger partial charge in [-0.2, -0.15) is 5.10 Å². The number of nitrogens with one attached hydrogen (secondary N) is 2. The first-order valence-electron chi connectivity index (χ1n) is 11.4. The number of hydrogen-bond donors (Lipinski definition) is 2. The van der Waals surface area contributed by atoms with Gasteiger partial charge in [-0.3, -0.25) is 4.99 Å². The van der Waals surface area contributed by atoms with Crippen LogP contribution in [-0.2, 0) is 24.1 Å². The molecule has 7 nitrogen and oxygen atoms in total. The predicted molar refractivity (Wildman–Crippen MR) is 134 cm³/mol. The average Bonchev–Trinajstić information content (AvgIpc) is 3.13. The lowest BCUT2D eigenvalue weighted by Gasteiger charge is -2.26. The Morgan fingerprint density at radius 1 is 1.26 bits per heavy atom. The zero-order chi connectivity index (χ0) is 20.8. The summed E-state index contributed by atoms with van der Waals surface area (Å²) >= 11 is 0. The first-order valence-corrected chi connectivity index (χ1v) is 11.4. The van der Waals surface area contributed by atoms with Gasteiger partial charge in [-0.05, 0) is 57.1 Å². The molecule has 2 unspecified atom stereocenters. The van der Waals surface area contributed by atoms with Crippen LogP contribution in [0.25, 0.3) is 0 Å². The molecule has 2 atom stereocenters. The Bertz CT molecular complexity index is 868. The zero-order valence-corrected chi connectivity index (χ0v) is 21.0. The molecule has 2 aromatic rings. The molecule has 2 heterocycles. The molecule has 0 spiro atoms. The number of rotatable bonds is 7. The van der Waals surface area contributed by atoms with E-state index in [0.29, 0.717) is 6.04 Å². The quantitative estimate of drug-likeness (QED) is 0.244. The van der Waals surface area contributed by atoms with Crippen molar-refractivity contribution in [2.24, 2.45) is 4.99 Å². The molecule has 31 heavy (non-hydrogen) atoms. The van der Waals surface area contributed by atoms with Crippen molar-refractivity contribution in [3.8, 4) is 0 Å². The van der Waals surface area contributed by atoms with Crippen molar-refractivity contribution in [3.05, 3.63) is 47.0 Å². The number of aryl methyl sites for hydroxylation is 3. The molecule has 2 N–H and O–H groups in total. The van der Waals surface area contributed by atoms with Gasteiger partial charge in [-0.15, -0.1) is 24.0 Å². The van der Waals surface area contributed by atoms with Crippen LogP contribution in [0.1, 0.15) is 61.5 Å². The lowest BCUT2D eigenvalue weighted by atomic mass is 9.89. The molecule has 8 heteroatoms. The number of aromatic nitrogens is 3. The van der Waals surface area contributed by atoms with Gasteiger partial charge in [0.2, 0.25) is 0 Å². The molecule has 1 aromatic carbocycles. The van der Waals surface area contributed by atoms with Crippen molar-refractivity contribution in [2.75, 3.05) is 19.7 Å². The van der Waals surface area contributed by atoms with Crippen LogP contribution in [-0.4, -0.2) is 46.5 Å². The maximum Gasteiger partial charge on any atom is 0.191 e. The summed E-state index contributed by atoms with van der Waals surface area (Å²) in [5, 5.41) is 11.4. The second-order valence-corrected chi connectivity index (χ2v) is 8.20. The fraction of sp³-hybridized carbons (Fsp3) is 0.609. The Balaban J connectivity index is 0.00000272. The van der Waals surface area contributed by atoms with E-state index >= 15 is 0 Å². The summed E-state index contributed by atoms with van der Waals surface area (Å²) < 4.78 is 8.24. The highest BCUT2D eigenvalue weighted by atomic mass is 127. The van der Waals surface area contributed by atoms with Gasteiger partial charge >= 0.3 is 0 Å². The van der Waals surface area contributed by atoms with Gasteiger partial charge in [0.25, 0.3) is 0 Å². The van der Waals surface area contributed by atoms with Gasteiger partial charge in [0.1, 0.15) is 11.6 Å². The topological polar surface area (TPSA) is 76.4 Å². The molecule has 1 aliphatic heterocycles. The van der Waals surface area contributed by atoms with Gasteiger partial charge in [-0.25, -0.2) is 9.67 Å². The summed E-state index contributed by atoms with van der Waals surface area (Å²) in [6, 6.07) is 9.03. The molecule has 0 amide bonds. The maximum absolute atomic E-state index is 6.21. The Hall–Kier alpha value is -1.68. The van der Waals surface area contributed by atoms with Crippen molar-refractivity contribution < 1.29 is 4.74 Å². The summed E-state index contributed by atoms with van der Waals surface area (Å²) in [7, 11) is 0. The lowest BCUT2D eigenvalue weighted by molar-refractivity contribution is 0.0403. The van der Waals surface area contributed by atoms with Gasteiger partial charge < -0.3 is 15.4 Å². The van der Waals surface area contributed by atoms with Crippen LogP contribution >= 0.6 is 24.0 Å². The van der Waals surface area contributed by atoms with E-state index in [1.54, 1.807) is 0 Å². The number of halogens is 1. The van der Waals surface area contributed by atoms with Crippen LogP contribution in [0.2, 0.25) is 0 Å². The Kier molecular flexibility index (Phi) is 9.13. The fourth-order valence-electron chi connectivity index (χ4n) is 4.43. The normalized spacial score (nSPS) is 20.4. The Morgan fingerprint density at radius 2 is 2.13 bits per heavy atom. The molecule has 1 aliphatic carbocycles. The van der Waals surface area contributed by atoms with Gasteiger partial charge in [0.15, 0.2) is 5.96 Å². The van der Waals surface area contributed by atoms with E-state index < -0.39 is 0 Å². The molecular formula is C23H35IN6O. The van der Waals surface area contributed by atoms with Crippen molar-refractivity contribution in [3.63, 3.8) is 0 Å². The third kappa shape index (κ3) is 6.41. The van der Waals surface area contributed by atoms with Crippen LogP contribution in [0.4, 0.5) is 0 Å². The van der Waals surface area contributed by atoms with E-state index in [4.69, 9.17) is 9.73 Å². The van der Waals surface area contributed by atoms with Crippen LogP contribution in [0.5, 0.6) is 0 Å². The van der Waals surface area contributed by atoms with E-state index in [0.717, 1.165) is 69.5 Å². The summed E-state index contributed by atoms with van der Waals surface area (Å²) in [5.74, 6) is 2.83. The first-order chi connectivity index (χ1) is 14.7. The highest BCUT2D eigenvalue weighted by molar-refractivity contribution is 14.0. The van der Waals surface area contributed by atoms with E-state index in [2.05, 4.69) is 51.9 Å². The maximum atomic E-state index is 6.21. The van der Waals surface area contributed by atoms with Crippen LogP contribution in [0.15, 0.2) is 29.3 Å². The van der Waals surface area contributed by atoms with Crippen LogP contribution in [0, 0.1) is 6.92 Å². The number of benzene rings is 1. The number of guanidine groups is 1. The second-order valence-electron chi connectivity index (χ2n) is 8.20. The zero-order valence-electron chi connectivity index (χ0n) is 18.6. The third-order valence-corrected chi connectivity index (χ3v) is 5.85. The lowest BCUT2D eigenvalue weighted by Crippen LogP contribution is -2.47. The molecule has 2 aliphatic rings. The highest BCUT2D eigenvalue weighted by Crippen LogP contribution is 2.32. The molecule has 1 aromatic heterocycles. The van der Waals surface area contributed by atoms with E-state index in [1.807, 2.05) is 11.6 Å². The van der Waals surface area contributed by atoms with E-state index in [-0.39, 0.29) is 30.1 Å². The number of aliphatic imine (C=N–C) groups is 1. The minimum atomic E-state index is 0. The second kappa shape index (κ2) is 11.8. The molecule has 0 bridgehead atoms. The highest BCUT2D eigenvalue weighted by Gasteiger charge is 2.22. The number of fused-ring (bicyclic) bond motifs is 2. The van der Waals surface area contributed by atoms with Gasteiger partial charge in [0.05, 0.1) is 12.6 Å². The molecule has 4 rings (SSSR count). The fourth-order valence-corrected chi connectivity index (χ4v) is 4.43. The summed E-state index contributed by atoms with van der Waals surface area (Å²) in [6.45, 7) is 7.23. The monoisotopic (exact) mass is 538 g/mol. The van der Waals surface area contributed by atoms with E-state index in [9.17, 15) is 0 Å². The van der Waals surface area contributed by atoms with Gasteiger partial charge in [0, 0.05) is 32.2 Å². The molecule has 0 fully saturated rings. The summed E-state index contributed by atoms with van der Waals surface area (Å²) in [4.78, 5) is 9.25. The number of hydrogen-bond acceptors (Lipinski definition) is 4. The number of nitrogens with zero attached hydrogens (tertiary/aromatic N) is 4. The van der Waals surface area contributed by atoms with Crippen LogP contribution < -0.4 is 10.6 Å². The summed E-state index contributed by atoms with van der Waals surface area (Å²) in [6.07, 6.45) is 6.68. The molecule has 0 radical (unpaired) electrons. The minimum absolute atomic E-state index is 0. The summed E-state index contributed by atoms with van der Waals surface area (Å²) in [5.41, 5.74) is 2.82. The van der Waals surface area contributed by atoms with Crippen molar-refractivity contribution in [2.45, 2.75) is 71.1 Å². The first kappa shape index (κ1) is 24.0. The molecule has 0 saturated heterocycles. The SMILES string of the molecule is CCNC(=NCCCOC1CCCc2ccccc21)NC1CCc2nc(C)nn2C1.I. The Labute approximate surface area is 202 Å². The standard InChI is InChI=1S/C23H34N6O.HI/c1-3-24-23(27-19-12-13-22-26-17(2)28-29(22)16-19)25-14-7-15-30-21-11-6-9-18-8-4-5-10-20(18)21;/h4-5,8,10,19,21H,3,6-7,9,11-16H2,1-2H3,(H2,24,25,27);1H. The van der Waals surface area contributed by atoms with Crippen molar-refractivity contribution in [1.82, 2.24) is 25.4 Å². The number of ether oxygens (including phenoxy) is 1. The molecule has 170 valence electrons. The average molecular weight is 538 g/mol. The van der Waals surface area contributed by atoms with Gasteiger partial charge in [-0.1, -0.05) is 24.3 Å². The van der Waals surface area contributed by atoms with Crippen molar-refractivity contribution >= 4 is 29.9 Å². The largest absolute Gasteiger partial charge is 0.373 e. The molecular weight excluding hydrogens is 503 g/mol. The minimum Gasteiger partial charge on any atom is -0.373 e. The van der Waals surface area contributed by atoms with E-state index in [1.165, 1.54) is 24.0 Å². The van der Waals surface area contributed by atoms with Crippen molar-refractivity contribution in [1.29, 1.82) is 0 Å². The third-order valence-electron chi connectivity index (χ3n) is 5.85. The van der Waals surface area contributed by atoms with Crippen LogP contribution in [0.3, 0.4) is 0 Å².